The third-order valence-corrected chi connectivity index (χ3v) is 3.23. The summed E-state index contributed by atoms with van der Waals surface area (Å²) in [4.78, 5) is 24.9. The molecule has 1 aromatic carbocycles. The predicted octanol–water partition coefficient (Wildman–Crippen LogP) is 2.78. The van der Waals surface area contributed by atoms with E-state index in [0.29, 0.717) is 13.0 Å². The Labute approximate surface area is 119 Å². The number of amides is 1. The number of benzene rings is 1. The van der Waals surface area contributed by atoms with Crippen molar-refractivity contribution in [2.24, 2.45) is 0 Å². The summed E-state index contributed by atoms with van der Waals surface area (Å²) in [7, 11) is 0. The van der Waals surface area contributed by atoms with Crippen molar-refractivity contribution in [3.8, 4) is 0 Å². The second-order valence-corrected chi connectivity index (χ2v) is 4.68. The van der Waals surface area contributed by atoms with Gasteiger partial charge in [0.05, 0.1) is 6.61 Å². The highest BCUT2D eigenvalue weighted by molar-refractivity contribution is 5.94. The summed E-state index contributed by atoms with van der Waals surface area (Å²) < 4.78 is 4.82. The van der Waals surface area contributed by atoms with Gasteiger partial charge in [-0.1, -0.05) is 12.1 Å². The van der Waals surface area contributed by atoms with Crippen LogP contribution >= 0.6 is 0 Å². The molecule has 0 N–H and O–H groups in total. The summed E-state index contributed by atoms with van der Waals surface area (Å²) in [5, 5.41) is 0. The largest absolute Gasteiger partial charge is 0.463 e. The minimum Gasteiger partial charge on any atom is -0.463 e. The molecule has 1 aliphatic heterocycles. The summed E-state index contributed by atoms with van der Waals surface area (Å²) >= 11 is 0. The van der Waals surface area contributed by atoms with Crippen molar-refractivity contribution in [1.82, 2.24) is 0 Å². The molecule has 0 spiro atoms. The molecule has 4 nitrogen and oxygen atoms in total. The monoisotopic (exact) mass is 273 g/mol. The van der Waals surface area contributed by atoms with Crippen LogP contribution < -0.4 is 4.90 Å². The van der Waals surface area contributed by atoms with Crippen molar-refractivity contribution in [1.29, 1.82) is 0 Å². The first-order valence-electron chi connectivity index (χ1n) is 6.96. The SMILES string of the molecule is CCOC(=O)/C=C/c1ccc(N2CCCCC2=O)cc1. The first-order chi connectivity index (χ1) is 9.70. The van der Waals surface area contributed by atoms with Gasteiger partial charge < -0.3 is 9.64 Å². The fourth-order valence-corrected chi connectivity index (χ4v) is 2.20. The minimum atomic E-state index is -0.345. The van der Waals surface area contributed by atoms with E-state index >= 15 is 0 Å². The first-order valence-corrected chi connectivity index (χ1v) is 6.96. The normalized spacial score (nSPS) is 15.7. The highest BCUT2D eigenvalue weighted by Crippen LogP contribution is 2.21. The van der Waals surface area contributed by atoms with Gasteiger partial charge in [0.15, 0.2) is 0 Å². The molecule has 0 unspecified atom stereocenters. The lowest BCUT2D eigenvalue weighted by atomic mass is 10.1. The van der Waals surface area contributed by atoms with E-state index in [0.717, 1.165) is 30.6 Å². The first kappa shape index (κ1) is 14.3. The van der Waals surface area contributed by atoms with Gasteiger partial charge in [-0.25, -0.2) is 4.79 Å². The van der Waals surface area contributed by atoms with Gasteiger partial charge in [-0.2, -0.15) is 0 Å². The molecule has 0 radical (unpaired) electrons. The number of hydrogen-bond donors (Lipinski definition) is 0. The summed E-state index contributed by atoms with van der Waals surface area (Å²) in [6, 6.07) is 7.61. The molecule has 0 bridgehead atoms. The average molecular weight is 273 g/mol. The molecule has 4 heteroatoms. The summed E-state index contributed by atoms with van der Waals surface area (Å²) in [6.07, 6.45) is 5.78. The van der Waals surface area contributed by atoms with E-state index in [2.05, 4.69) is 0 Å². The average Bonchev–Trinajstić information content (AvgIpc) is 2.47. The van der Waals surface area contributed by atoms with E-state index in [1.54, 1.807) is 13.0 Å². The molecule has 106 valence electrons. The molecule has 0 saturated carbocycles. The molecule has 2 rings (SSSR count). The number of esters is 1. The van der Waals surface area contributed by atoms with Crippen molar-refractivity contribution in [3.63, 3.8) is 0 Å². The van der Waals surface area contributed by atoms with Crippen molar-refractivity contribution in [2.45, 2.75) is 26.2 Å². The van der Waals surface area contributed by atoms with Crippen molar-refractivity contribution in [2.75, 3.05) is 18.1 Å². The maximum atomic E-state index is 11.8. The molecule has 1 aliphatic rings. The molecule has 1 saturated heterocycles. The van der Waals surface area contributed by atoms with E-state index in [9.17, 15) is 9.59 Å². The van der Waals surface area contributed by atoms with Gasteiger partial charge in [0.2, 0.25) is 5.91 Å². The zero-order valence-corrected chi connectivity index (χ0v) is 11.7. The second kappa shape index (κ2) is 6.89. The van der Waals surface area contributed by atoms with E-state index < -0.39 is 0 Å². The fourth-order valence-electron chi connectivity index (χ4n) is 2.20. The molecule has 0 atom stereocenters. The highest BCUT2D eigenvalue weighted by Gasteiger charge is 2.18. The van der Waals surface area contributed by atoms with Crippen molar-refractivity contribution < 1.29 is 14.3 Å². The number of ether oxygens (including phenoxy) is 1. The number of hydrogen-bond acceptors (Lipinski definition) is 3. The van der Waals surface area contributed by atoms with Crippen molar-refractivity contribution in [3.05, 3.63) is 35.9 Å². The van der Waals surface area contributed by atoms with Gasteiger partial charge in [-0.15, -0.1) is 0 Å². The van der Waals surface area contributed by atoms with Gasteiger partial charge in [0.1, 0.15) is 0 Å². The molecule has 1 heterocycles. The Kier molecular flexibility index (Phi) is 4.93. The van der Waals surface area contributed by atoms with E-state index in [-0.39, 0.29) is 11.9 Å². The zero-order valence-electron chi connectivity index (χ0n) is 11.7. The number of carbonyl (C=O) groups is 2. The molecule has 1 aromatic rings. The molecular weight excluding hydrogens is 254 g/mol. The van der Waals surface area contributed by atoms with Crippen LogP contribution in [0.1, 0.15) is 31.7 Å². The number of rotatable bonds is 4. The minimum absolute atomic E-state index is 0.186. The van der Waals surface area contributed by atoms with E-state index in [1.165, 1.54) is 6.08 Å². The lowest BCUT2D eigenvalue weighted by molar-refractivity contribution is -0.137. The van der Waals surface area contributed by atoms with Crippen LogP contribution in [-0.4, -0.2) is 25.0 Å². The Hall–Kier alpha value is -2.10. The lowest BCUT2D eigenvalue weighted by Gasteiger charge is -2.26. The fraction of sp³-hybridized carbons (Fsp3) is 0.375. The molecule has 0 aromatic heterocycles. The maximum absolute atomic E-state index is 11.8. The molecule has 1 fully saturated rings. The van der Waals surface area contributed by atoms with Crippen LogP contribution in [0.3, 0.4) is 0 Å². The third kappa shape index (κ3) is 3.70. The number of carbonyl (C=O) groups excluding carboxylic acids is 2. The predicted molar refractivity (Wildman–Crippen MR) is 78.3 cm³/mol. The van der Waals surface area contributed by atoms with Crippen LogP contribution in [0.5, 0.6) is 0 Å². The Morgan fingerprint density at radius 2 is 2.05 bits per heavy atom. The number of nitrogens with zero attached hydrogens (tertiary/aromatic N) is 1. The topological polar surface area (TPSA) is 46.6 Å². The van der Waals surface area contributed by atoms with Crippen LogP contribution in [0.15, 0.2) is 30.3 Å². The Morgan fingerprint density at radius 3 is 2.70 bits per heavy atom. The van der Waals surface area contributed by atoms with E-state index in [1.807, 2.05) is 29.2 Å². The van der Waals surface area contributed by atoms with Crippen LogP contribution in [0.4, 0.5) is 5.69 Å². The zero-order chi connectivity index (χ0) is 14.4. The van der Waals surface area contributed by atoms with Crippen LogP contribution in [-0.2, 0) is 14.3 Å². The number of anilines is 1. The van der Waals surface area contributed by atoms with Gasteiger partial charge >= 0.3 is 5.97 Å². The summed E-state index contributed by atoms with van der Waals surface area (Å²) in [6.45, 7) is 2.94. The van der Waals surface area contributed by atoms with Crippen LogP contribution in [0, 0.1) is 0 Å². The van der Waals surface area contributed by atoms with Crippen LogP contribution in [0.25, 0.3) is 6.08 Å². The Bertz CT molecular complexity index is 505. The van der Waals surface area contributed by atoms with Gasteiger partial charge in [0, 0.05) is 24.7 Å². The van der Waals surface area contributed by atoms with Gasteiger partial charge in [-0.3, -0.25) is 4.79 Å². The molecule has 0 aliphatic carbocycles. The Morgan fingerprint density at radius 1 is 1.30 bits per heavy atom. The van der Waals surface area contributed by atoms with E-state index in [4.69, 9.17) is 4.74 Å². The van der Waals surface area contributed by atoms with Gasteiger partial charge in [-0.05, 0) is 43.5 Å². The standard InChI is InChI=1S/C16H19NO3/c1-2-20-16(19)11-8-13-6-9-14(10-7-13)17-12-4-3-5-15(17)18/h6-11H,2-5,12H2,1H3/b11-8+. The summed E-state index contributed by atoms with van der Waals surface area (Å²) in [5.41, 5.74) is 1.83. The smallest absolute Gasteiger partial charge is 0.330 e. The van der Waals surface area contributed by atoms with Crippen molar-refractivity contribution >= 4 is 23.6 Å². The quantitative estimate of drug-likeness (QED) is 0.626. The second-order valence-electron chi connectivity index (χ2n) is 4.68. The highest BCUT2D eigenvalue weighted by atomic mass is 16.5. The van der Waals surface area contributed by atoms with Gasteiger partial charge in [0.25, 0.3) is 0 Å². The van der Waals surface area contributed by atoms with Crippen LogP contribution in [0.2, 0.25) is 0 Å². The molecular formula is C16H19NO3. The lowest BCUT2D eigenvalue weighted by Crippen LogP contribution is -2.35. The summed E-state index contributed by atoms with van der Waals surface area (Å²) in [5.74, 6) is -0.158. The third-order valence-electron chi connectivity index (χ3n) is 3.23. The molecule has 20 heavy (non-hydrogen) atoms. The maximum Gasteiger partial charge on any atom is 0.330 e. The Balaban J connectivity index is 2.02. The molecule has 1 amide bonds. The number of piperidine rings is 1.